The predicted octanol–water partition coefficient (Wildman–Crippen LogP) is 1.81. The lowest BCUT2D eigenvalue weighted by Crippen LogP contribution is -2.49. The van der Waals surface area contributed by atoms with Gasteiger partial charge in [-0.1, -0.05) is 29.3 Å². The predicted molar refractivity (Wildman–Crippen MR) is 83.4 cm³/mol. The van der Waals surface area contributed by atoms with Crippen molar-refractivity contribution in [2.45, 2.75) is 45.4 Å². The van der Waals surface area contributed by atoms with Gasteiger partial charge in [-0.2, -0.15) is 0 Å². The van der Waals surface area contributed by atoms with E-state index in [9.17, 15) is 10.2 Å². The quantitative estimate of drug-likeness (QED) is 0.869. The highest BCUT2D eigenvalue weighted by Gasteiger charge is 2.25. The van der Waals surface area contributed by atoms with Gasteiger partial charge < -0.3 is 14.9 Å². The van der Waals surface area contributed by atoms with Gasteiger partial charge in [0, 0.05) is 19.1 Å². The normalized spacial score (nSPS) is 25.0. The summed E-state index contributed by atoms with van der Waals surface area (Å²) in [7, 11) is 0. The Morgan fingerprint density at radius 1 is 1.29 bits per heavy atom. The molecule has 4 heteroatoms. The summed E-state index contributed by atoms with van der Waals surface area (Å²) in [5, 5.41) is 19.6. The molecule has 0 aliphatic carbocycles. The third-order valence-electron chi connectivity index (χ3n) is 4.16. The molecule has 0 bridgehead atoms. The molecule has 1 aromatic carbocycles. The summed E-state index contributed by atoms with van der Waals surface area (Å²) in [6.45, 7) is 8.48. The topological polar surface area (TPSA) is 52.9 Å². The summed E-state index contributed by atoms with van der Waals surface area (Å²) in [4.78, 5) is 2.29. The summed E-state index contributed by atoms with van der Waals surface area (Å²) in [5.74, 6) is 0. The molecular weight excluding hydrogens is 266 g/mol. The van der Waals surface area contributed by atoms with Crippen LogP contribution in [0.25, 0.3) is 0 Å². The Labute approximate surface area is 127 Å². The molecule has 1 aromatic rings. The molecule has 3 atom stereocenters. The average Bonchev–Trinajstić information content (AvgIpc) is 2.45. The minimum atomic E-state index is -0.439. The van der Waals surface area contributed by atoms with Gasteiger partial charge >= 0.3 is 0 Å². The van der Waals surface area contributed by atoms with Gasteiger partial charge in [0.15, 0.2) is 0 Å². The Kier molecular flexibility index (Phi) is 5.76. The highest BCUT2D eigenvalue weighted by Crippen LogP contribution is 2.21. The van der Waals surface area contributed by atoms with Crippen molar-refractivity contribution in [3.8, 4) is 0 Å². The second kappa shape index (κ2) is 7.36. The molecule has 0 aromatic heterocycles. The average molecular weight is 293 g/mol. The molecule has 1 saturated heterocycles. The molecule has 118 valence electrons. The van der Waals surface area contributed by atoms with E-state index in [0.717, 1.165) is 18.7 Å². The van der Waals surface area contributed by atoms with Gasteiger partial charge in [0.05, 0.1) is 25.4 Å². The molecule has 0 spiro atoms. The van der Waals surface area contributed by atoms with Crippen molar-refractivity contribution in [2.75, 3.05) is 26.3 Å². The zero-order valence-electron chi connectivity index (χ0n) is 13.2. The Morgan fingerprint density at radius 3 is 2.57 bits per heavy atom. The van der Waals surface area contributed by atoms with Crippen LogP contribution in [0.5, 0.6) is 0 Å². The first kappa shape index (κ1) is 16.4. The van der Waals surface area contributed by atoms with Gasteiger partial charge in [-0.25, -0.2) is 0 Å². The Bertz CT molecular complexity index is 443. The minimum absolute atomic E-state index is 0.0584. The number of aliphatic hydroxyl groups is 2. The van der Waals surface area contributed by atoms with Crippen molar-refractivity contribution in [1.82, 2.24) is 4.90 Å². The van der Waals surface area contributed by atoms with Crippen LogP contribution in [0.15, 0.2) is 18.2 Å². The van der Waals surface area contributed by atoms with E-state index in [1.54, 1.807) is 0 Å². The summed E-state index contributed by atoms with van der Waals surface area (Å²) in [5.41, 5.74) is 3.36. The number of aliphatic hydroxyl groups excluding tert-OH is 2. The number of hydrogen-bond acceptors (Lipinski definition) is 4. The van der Waals surface area contributed by atoms with Gasteiger partial charge in [0.25, 0.3) is 0 Å². The number of aryl methyl sites for hydroxylation is 2. The van der Waals surface area contributed by atoms with Crippen LogP contribution < -0.4 is 0 Å². The van der Waals surface area contributed by atoms with Crippen molar-refractivity contribution in [1.29, 1.82) is 0 Å². The smallest absolute Gasteiger partial charge is 0.0933 e. The van der Waals surface area contributed by atoms with E-state index in [2.05, 4.69) is 43.9 Å². The Morgan fingerprint density at radius 2 is 1.95 bits per heavy atom. The van der Waals surface area contributed by atoms with Gasteiger partial charge in [0.2, 0.25) is 0 Å². The van der Waals surface area contributed by atoms with Crippen molar-refractivity contribution >= 4 is 0 Å². The van der Waals surface area contributed by atoms with Crippen molar-refractivity contribution in [3.63, 3.8) is 0 Å². The van der Waals surface area contributed by atoms with Crippen LogP contribution in [0.1, 0.15) is 36.1 Å². The molecule has 0 amide bonds. The van der Waals surface area contributed by atoms with Gasteiger partial charge in [-0.15, -0.1) is 0 Å². The lowest BCUT2D eigenvalue weighted by Gasteiger charge is -2.37. The number of morpholine rings is 1. The van der Waals surface area contributed by atoms with E-state index < -0.39 is 6.10 Å². The van der Waals surface area contributed by atoms with Crippen LogP contribution in [0, 0.1) is 13.8 Å². The fourth-order valence-corrected chi connectivity index (χ4v) is 2.95. The minimum Gasteiger partial charge on any atom is -0.394 e. The maximum atomic E-state index is 10.4. The van der Waals surface area contributed by atoms with Crippen LogP contribution in [-0.2, 0) is 4.74 Å². The molecule has 1 aliphatic heterocycles. The molecule has 0 radical (unpaired) electrons. The van der Waals surface area contributed by atoms with E-state index in [0.29, 0.717) is 19.1 Å². The molecule has 1 aliphatic rings. The van der Waals surface area contributed by atoms with Crippen molar-refractivity contribution in [3.05, 3.63) is 34.9 Å². The van der Waals surface area contributed by atoms with Crippen LogP contribution >= 0.6 is 0 Å². The highest BCUT2D eigenvalue weighted by molar-refractivity contribution is 5.29. The summed E-state index contributed by atoms with van der Waals surface area (Å²) >= 11 is 0. The summed E-state index contributed by atoms with van der Waals surface area (Å²) in [6, 6.07) is 6.55. The van der Waals surface area contributed by atoms with Crippen LogP contribution in [0.3, 0.4) is 0 Å². The first-order valence-corrected chi connectivity index (χ1v) is 7.72. The molecule has 2 rings (SSSR count). The molecule has 0 saturated carbocycles. The molecule has 3 unspecified atom stereocenters. The number of ether oxygens (including phenoxy) is 1. The van der Waals surface area contributed by atoms with Crippen molar-refractivity contribution in [2.24, 2.45) is 0 Å². The standard InChI is InChI=1S/C17H27NO3/c1-12-6-13(2)8-15(7-12)17(20)4-5-18-9-16(10-19)21-11-14(18)3/h6-8,14,16-17,19-20H,4-5,9-11H2,1-3H3. The second-order valence-corrected chi connectivity index (χ2v) is 6.21. The molecule has 21 heavy (non-hydrogen) atoms. The van der Waals surface area contributed by atoms with E-state index >= 15 is 0 Å². The lowest BCUT2D eigenvalue weighted by molar-refractivity contribution is -0.0800. The first-order valence-electron chi connectivity index (χ1n) is 7.72. The van der Waals surface area contributed by atoms with Crippen LogP contribution in [0.2, 0.25) is 0 Å². The molecule has 1 heterocycles. The summed E-state index contributed by atoms with van der Waals surface area (Å²) < 4.78 is 5.54. The van der Waals surface area contributed by atoms with E-state index in [4.69, 9.17) is 4.74 Å². The van der Waals surface area contributed by atoms with Crippen molar-refractivity contribution < 1.29 is 14.9 Å². The van der Waals surface area contributed by atoms with Crippen LogP contribution in [-0.4, -0.2) is 53.6 Å². The monoisotopic (exact) mass is 293 g/mol. The largest absolute Gasteiger partial charge is 0.394 e. The molecule has 1 fully saturated rings. The van der Waals surface area contributed by atoms with E-state index in [1.807, 2.05) is 0 Å². The third-order valence-corrected chi connectivity index (χ3v) is 4.16. The first-order chi connectivity index (χ1) is 9.99. The second-order valence-electron chi connectivity index (χ2n) is 6.21. The lowest BCUT2D eigenvalue weighted by atomic mass is 10.0. The van der Waals surface area contributed by atoms with Gasteiger partial charge in [0.1, 0.15) is 0 Å². The molecule has 4 nitrogen and oxygen atoms in total. The fourth-order valence-electron chi connectivity index (χ4n) is 2.95. The number of benzene rings is 1. The maximum Gasteiger partial charge on any atom is 0.0933 e. The number of hydrogen-bond donors (Lipinski definition) is 2. The molecule has 2 N–H and O–H groups in total. The van der Waals surface area contributed by atoms with Gasteiger partial charge in [-0.05, 0) is 32.8 Å². The highest BCUT2D eigenvalue weighted by atomic mass is 16.5. The third kappa shape index (κ3) is 4.51. The van der Waals surface area contributed by atoms with Crippen LogP contribution in [0.4, 0.5) is 0 Å². The zero-order chi connectivity index (χ0) is 15.4. The maximum absolute atomic E-state index is 10.4. The number of rotatable bonds is 5. The fraction of sp³-hybridized carbons (Fsp3) is 0.647. The molecular formula is C17H27NO3. The van der Waals surface area contributed by atoms with E-state index in [-0.39, 0.29) is 12.7 Å². The SMILES string of the molecule is Cc1cc(C)cc(C(O)CCN2CC(CO)OCC2C)c1. The summed E-state index contributed by atoms with van der Waals surface area (Å²) in [6.07, 6.45) is 0.163. The van der Waals surface area contributed by atoms with Gasteiger partial charge in [-0.3, -0.25) is 4.90 Å². The van der Waals surface area contributed by atoms with E-state index in [1.165, 1.54) is 11.1 Å². The number of nitrogens with zero attached hydrogens (tertiary/aromatic N) is 1. The Hall–Kier alpha value is -0.940. The Balaban J connectivity index is 1.92. The zero-order valence-corrected chi connectivity index (χ0v) is 13.2.